The van der Waals surface area contributed by atoms with Gasteiger partial charge in [0.1, 0.15) is 5.82 Å². The zero-order valence-corrected chi connectivity index (χ0v) is 15.2. The van der Waals surface area contributed by atoms with Crippen molar-refractivity contribution < 1.29 is 9.18 Å². The SMILES string of the molecule is O=C(N/N=C\c1ccc(F)cc1)c1nc(-c2ccccc2)n(-c2ccccc2)n1. The van der Waals surface area contributed by atoms with Gasteiger partial charge in [0.2, 0.25) is 5.82 Å². The second-order valence-corrected chi connectivity index (χ2v) is 6.12. The monoisotopic (exact) mass is 385 g/mol. The molecule has 1 amide bonds. The minimum Gasteiger partial charge on any atom is -0.264 e. The molecule has 29 heavy (non-hydrogen) atoms. The summed E-state index contributed by atoms with van der Waals surface area (Å²) in [5.74, 6) is -0.348. The lowest BCUT2D eigenvalue weighted by atomic mass is 10.2. The molecule has 1 N–H and O–H groups in total. The van der Waals surface area contributed by atoms with Crippen LogP contribution < -0.4 is 5.43 Å². The molecular formula is C22H16FN5O. The molecule has 0 fully saturated rings. The number of aromatic nitrogens is 3. The van der Waals surface area contributed by atoms with Crippen LogP contribution in [0.15, 0.2) is 90.0 Å². The Balaban J connectivity index is 1.61. The van der Waals surface area contributed by atoms with Crippen LogP contribution in [-0.4, -0.2) is 26.9 Å². The number of carbonyl (C=O) groups is 1. The Hall–Kier alpha value is -4.13. The Morgan fingerprint density at radius 3 is 2.28 bits per heavy atom. The number of hydrogen-bond acceptors (Lipinski definition) is 4. The number of hydrazone groups is 1. The third-order valence-electron chi connectivity index (χ3n) is 4.09. The summed E-state index contributed by atoms with van der Waals surface area (Å²) in [4.78, 5) is 16.9. The summed E-state index contributed by atoms with van der Waals surface area (Å²) >= 11 is 0. The van der Waals surface area contributed by atoms with E-state index in [4.69, 9.17) is 0 Å². The Morgan fingerprint density at radius 1 is 0.931 bits per heavy atom. The Morgan fingerprint density at radius 2 is 1.59 bits per heavy atom. The molecule has 6 nitrogen and oxygen atoms in total. The highest BCUT2D eigenvalue weighted by Crippen LogP contribution is 2.20. The summed E-state index contributed by atoms with van der Waals surface area (Å²) in [6.07, 6.45) is 1.42. The number of hydrogen-bond donors (Lipinski definition) is 1. The summed E-state index contributed by atoms with van der Waals surface area (Å²) in [5.41, 5.74) is 4.67. The fourth-order valence-corrected chi connectivity index (χ4v) is 2.70. The molecule has 0 bridgehead atoms. The molecular weight excluding hydrogens is 369 g/mol. The average Bonchev–Trinajstić information content (AvgIpc) is 3.22. The molecule has 7 heteroatoms. The van der Waals surface area contributed by atoms with Gasteiger partial charge >= 0.3 is 5.91 Å². The lowest BCUT2D eigenvalue weighted by Gasteiger charge is -2.05. The van der Waals surface area contributed by atoms with Gasteiger partial charge in [-0.05, 0) is 29.8 Å². The Kier molecular flexibility index (Phi) is 5.20. The highest BCUT2D eigenvalue weighted by atomic mass is 19.1. The molecule has 0 spiro atoms. The molecule has 0 aliphatic heterocycles. The fourth-order valence-electron chi connectivity index (χ4n) is 2.70. The molecule has 0 aliphatic carbocycles. The van der Waals surface area contributed by atoms with E-state index in [1.807, 2.05) is 60.7 Å². The highest BCUT2D eigenvalue weighted by Gasteiger charge is 2.18. The standard InChI is InChI=1S/C22H16FN5O/c23-18-13-11-16(12-14-18)15-24-26-22(29)20-25-21(17-7-3-1-4-8-17)28(27-20)19-9-5-2-6-10-19/h1-15H,(H,26,29)/b24-15-. The van der Waals surface area contributed by atoms with Gasteiger partial charge < -0.3 is 0 Å². The van der Waals surface area contributed by atoms with Crippen LogP contribution in [0.3, 0.4) is 0 Å². The predicted octanol–water partition coefficient (Wildman–Crippen LogP) is 3.84. The second-order valence-electron chi connectivity index (χ2n) is 6.12. The molecule has 0 radical (unpaired) electrons. The first-order valence-electron chi connectivity index (χ1n) is 8.87. The van der Waals surface area contributed by atoms with Crippen molar-refractivity contribution in [2.24, 2.45) is 5.10 Å². The molecule has 4 aromatic rings. The van der Waals surface area contributed by atoms with Gasteiger partial charge in [-0.25, -0.2) is 19.5 Å². The van der Waals surface area contributed by atoms with Crippen molar-refractivity contribution in [2.75, 3.05) is 0 Å². The van der Waals surface area contributed by atoms with Gasteiger partial charge in [0, 0.05) is 5.56 Å². The quantitative estimate of drug-likeness (QED) is 0.419. The summed E-state index contributed by atoms with van der Waals surface area (Å²) < 4.78 is 14.6. The second kappa shape index (κ2) is 8.26. The number of amides is 1. The largest absolute Gasteiger partial charge is 0.311 e. The predicted molar refractivity (Wildman–Crippen MR) is 108 cm³/mol. The van der Waals surface area contributed by atoms with Gasteiger partial charge in [0.15, 0.2) is 5.82 Å². The van der Waals surface area contributed by atoms with Crippen LogP contribution in [0.5, 0.6) is 0 Å². The first-order valence-corrected chi connectivity index (χ1v) is 8.87. The van der Waals surface area contributed by atoms with Gasteiger partial charge in [-0.15, -0.1) is 5.10 Å². The molecule has 0 saturated heterocycles. The van der Waals surface area contributed by atoms with Gasteiger partial charge in [0.25, 0.3) is 0 Å². The molecule has 4 rings (SSSR count). The Bertz CT molecular complexity index is 1080. The number of para-hydroxylation sites is 1. The van der Waals surface area contributed by atoms with E-state index in [0.717, 1.165) is 11.3 Å². The van der Waals surface area contributed by atoms with Crippen molar-refractivity contribution in [1.82, 2.24) is 20.2 Å². The minimum atomic E-state index is -0.546. The van der Waals surface area contributed by atoms with Crippen LogP contribution in [0.1, 0.15) is 16.2 Å². The summed E-state index contributed by atoms with van der Waals surface area (Å²) in [6, 6.07) is 24.7. The number of halogens is 1. The van der Waals surface area contributed by atoms with E-state index < -0.39 is 5.91 Å². The van der Waals surface area contributed by atoms with E-state index in [0.29, 0.717) is 11.4 Å². The van der Waals surface area contributed by atoms with Crippen LogP contribution in [0.4, 0.5) is 4.39 Å². The van der Waals surface area contributed by atoms with Crippen molar-refractivity contribution in [3.8, 4) is 17.1 Å². The van der Waals surface area contributed by atoms with E-state index in [2.05, 4.69) is 20.6 Å². The van der Waals surface area contributed by atoms with Crippen molar-refractivity contribution in [3.63, 3.8) is 0 Å². The maximum Gasteiger partial charge on any atom is 0.311 e. The van der Waals surface area contributed by atoms with E-state index >= 15 is 0 Å². The lowest BCUT2D eigenvalue weighted by Crippen LogP contribution is -2.19. The zero-order valence-electron chi connectivity index (χ0n) is 15.2. The topological polar surface area (TPSA) is 72.2 Å². The molecule has 142 valence electrons. The minimum absolute atomic E-state index is 0.0102. The summed E-state index contributed by atoms with van der Waals surface area (Å²) in [5, 5.41) is 8.26. The Labute approximate surface area is 166 Å². The molecule has 0 saturated carbocycles. The number of rotatable bonds is 5. The first kappa shape index (κ1) is 18.2. The van der Waals surface area contributed by atoms with Crippen molar-refractivity contribution in [1.29, 1.82) is 0 Å². The van der Waals surface area contributed by atoms with Gasteiger partial charge in [-0.2, -0.15) is 5.10 Å². The molecule has 0 aliphatic rings. The lowest BCUT2D eigenvalue weighted by molar-refractivity contribution is 0.0945. The molecule has 0 unspecified atom stereocenters. The van der Waals surface area contributed by atoms with E-state index in [-0.39, 0.29) is 11.6 Å². The van der Waals surface area contributed by atoms with Crippen LogP contribution in [0, 0.1) is 5.82 Å². The molecule has 1 aromatic heterocycles. The summed E-state index contributed by atoms with van der Waals surface area (Å²) in [6.45, 7) is 0. The maximum absolute atomic E-state index is 12.9. The third kappa shape index (κ3) is 4.24. The van der Waals surface area contributed by atoms with Gasteiger partial charge in [-0.1, -0.05) is 60.7 Å². The van der Waals surface area contributed by atoms with E-state index in [1.54, 1.807) is 16.8 Å². The van der Waals surface area contributed by atoms with E-state index in [9.17, 15) is 9.18 Å². The van der Waals surface area contributed by atoms with E-state index in [1.165, 1.54) is 18.3 Å². The van der Waals surface area contributed by atoms with Crippen LogP contribution in [0.25, 0.3) is 17.1 Å². The maximum atomic E-state index is 12.9. The van der Waals surface area contributed by atoms with Gasteiger partial charge in [-0.3, -0.25) is 4.79 Å². The molecule has 3 aromatic carbocycles. The first-order chi connectivity index (χ1) is 14.2. The number of benzene rings is 3. The summed E-state index contributed by atoms with van der Waals surface area (Å²) in [7, 11) is 0. The molecule has 1 heterocycles. The molecule has 0 atom stereocenters. The number of nitrogens with zero attached hydrogens (tertiary/aromatic N) is 4. The highest BCUT2D eigenvalue weighted by molar-refractivity contribution is 5.92. The fraction of sp³-hybridized carbons (Fsp3) is 0. The average molecular weight is 385 g/mol. The van der Waals surface area contributed by atoms with Crippen molar-refractivity contribution in [2.45, 2.75) is 0 Å². The number of carbonyl (C=O) groups excluding carboxylic acids is 1. The van der Waals surface area contributed by atoms with Gasteiger partial charge in [0.05, 0.1) is 11.9 Å². The third-order valence-corrected chi connectivity index (χ3v) is 4.09. The van der Waals surface area contributed by atoms with Crippen LogP contribution in [0.2, 0.25) is 0 Å². The normalized spacial score (nSPS) is 10.9. The number of nitrogens with one attached hydrogen (secondary N) is 1. The van der Waals surface area contributed by atoms with Crippen LogP contribution >= 0.6 is 0 Å². The van der Waals surface area contributed by atoms with Crippen LogP contribution in [-0.2, 0) is 0 Å². The smallest absolute Gasteiger partial charge is 0.264 e. The zero-order chi connectivity index (χ0) is 20.1. The van der Waals surface area contributed by atoms with Crippen molar-refractivity contribution in [3.05, 3.63) is 102 Å². The van der Waals surface area contributed by atoms with Crippen molar-refractivity contribution >= 4 is 12.1 Å².